The zero-order chi connectivity index (χ0) is 15.3. The topological polar surface area (TPSA) is 78.4 Å². The molecule has 0 fully saturated rings. The number of rotatable bonds is 5. The molecule has 2 amide bonds. The van der Waals surface area contributed by atoms with Crippen molar-refractivity contribution < 1.29 is 14.7 Å². The smallest absolute Gasteiger partial charge is 0.319 e. The summed E-state index contributed by atoms with van der Waals surface area (Å²) in [5.74, 6) is -0.890. The van der Waals surface area contributed by atoms with Crippen LogP contribution in [0.4, 0.5) is 10.5 Å². The maximum Gasteiger partial charge on any atom is 0.319 e. The lowest BCUT2D eigenvalue weighted by molar-refractivity contribution is -0.137. The molecule has 0 heterocycles. The number of amides is 2. The number of halogens is 1. The SMILES string of the molecule is Cc1ccc(NC(=O)NC(CC(=O)O)C(C)C)c(Br)c1. The summed E-state index contributed by atoms with van der Waals surface area (Å²) in [6, 6.07) is 4.76. The molecule has 0 aromatic heterocycles. The first-order valence-corrected chi connectivity index (χ1v) is 7.14. The molecule has 20 heavy (non-hydrogen) atoms. The summed E-state index contributed by atoms with van der Waals surface area (Å²) in [5.41, 5.74) is 1.72. The van der Waals surface area contributed by atoms with Crippen molar-refractivity contribution >= 4 is 33.6 Å². The van der Waals surface area contributed by atoms with E-state index < -0.39 is 18.0 Å². The Morgan fingerprint density at radius 2 is 2.00 bits per heavy atom. The number of urea groups is 1. The van der Waals surface area contributed by atoms with E-state index in [1.54, 1.807) is 6.07 Å². The van der Waals surface area contributed by atoms with Gasteiger partial charge in [0.25, 0.3) is 0 Å². The van der Waals surface area contributed by atoms with Crippen molar-refractivity contribution in [3.8, 4) is 0 Å². The van der Waals surface area contributed by atoms with Gasteiger partial charge in [0.15, 0.2) is 0 Å². The molecule has 5 nitrogen and oxygen atoms in total. The van der Waals surface area contributed by atoms with Gasteiger partial charge in [0.2, 0.25) is 0 Å². The lowest BCUT2D eigenvalue weighted by Crippen LogP contribution is -2.42. The summed E-state index contributed by atoms with van der Waals surface area (Å²) < 4.78 is 0.784. The van der Waals surface area contributed by atoms with E-state index in [0.717, 1.165) is 10.0 Å². The van der Waals surface area contributed by atoms with Gasteiger partial charge in [-0.2, -0.15) is 0 Å². The van der Waals surface area contributed by atoms with E-state index in [2.05, 4.69) is 26.6 Å². The van der Waals surface area contributed by atoms with Crippen LogP contribution >= 0.6 is 15.9 Å². The maximum atomic E-state index is 11.9. The lowest BCUT2D eigenvalue weighted by Gasteiger charge is -2.21. The van der Waals surface area contributed by atoms with E-state index >= 15 is 0 Å². The Bertz CT molecular complexity index is 503. The molecule has 0 spiro atoms. The normalized spacial score (nSPS) is 12.1. The second-order valence-electron chi connectivity index (χ2n) is 5.03. The van der Waals surface area contributed by atoms with E-state index in [0.29, 0.717) is 5.69 Å². The molecule has 1 aromatic rings. The number of aliphatic carboxylic acids is 1. The van der Waals surface area contributed by atoms with Crippen molar-refractivity contribution in [2.24, 2.45) is 5.92 Å². The molecule has 0 aliphatic heterocycles. The zero-order valence-corrected chi connectivity index (χ0v) is 13.3. The summed E-state index contributed by atoms with van der Waals surface area (Å²) in [6.45, 7) is 5.70. The molecular weight excluding hydrogens is 324 g/mol. The Labute approximate surface area is 126 Å². The predicted octanol–water partition coefficient (Wildman–Crippen LogP) is 3.38. The van der Waals surface area contributed by atoms with E-state index in [1.165, 1.54) is 0 Å². The highest BCUT2D eigenvalue weighted by atomic mass is 79.9. The van der Waals surface area contributed by atoms with Crippen LogP contribution in [-0.2, 0) is 4.79 Å². The lowest BCUT2D eigenvalue weighted by atomic mass is 10.0. The number of carboxylic acid groups (broad SMARTS) is 1. The Morgan fingerprint density at radius 3 is 2.50 bits per heavy atom. The Balaban J connectivity index is 2.68. The second-order valence-corrected chi connectivity index (χ2v) is 5.88. The Kier molecular flexibility index (Phi) is 6.01. The molecule has 0 aliphatic rings. The molecule has 3 N–H and O–H groups in total. The first kappa shape index (κ1) is 16.5. The summed E-state index contributed by atoms with van der Waals surface area (Å²) in [7, 11) is 0. The molecule has 6 heteroatoms. The van der Waals surface area contributed by atoms with Gasteiger partial charge in [0.05, 0.1) is 12.1 Å². The molecule has 1 atom stereocenters. The van der Waals surface area contributed by atoms with E-state index in [-0.39, 0.29) is 12.3 Å². The standard InChI is InChI=1S/C14H19BrN2O3/c1-8(2)12(7-13(18)19)17-14(20)16-11-5-4-9(3)6-10(11)15/h4-6,8,12H,7H2,1-3H3,(H,18,19)(H2,16,17,20). The number of carboxylic acids is 1. The van der Waals surface area contributed by atoms with Crippen molar-refractivity contribution in [1.82, 2.24) is 5.32 Å². The van der Waals surface area contributed by atoms with Crippen molar-refractivity contribution in [3.05, 3.63) is 28.2 Å². The summed E-state index contributed by atoms with van der Waals surface area (Å²) >= 11 is 3.37. The monoisotopic (exact) mass is 342 g/mol. The van der Waals surface area contributed by atoms with Crippen molar-refractivity contribution in [1.29, 1.82) is 0 Å². The largest absolute Gasteiger partial charge is 0.481 e. The average molecular weight is 343 g/mol. The molecule has 0 saturated carbocycles. The highest BCUT2D eigenvalue weighted by Crippen LogP contribution is 2.23. The molecule has 0 saturated heterocycles. The average Bonchev–Trinajstić information content (AvgIpc) is 2.31. The first-order valence-electron chi connectivity index (χ1n) is 6.35. The predicted molar refractivity (Wildman–Crippen MR) is 81.9 cm³/mol. The fourth-order valence-electron chi connectivity index (χ4n) is 1.69. The molecular formula is C14H19BrN2O3. The highest BCUT2D eigenvalue weighted by Gasteiger charge is 2.19. The van der Waals surface area contributed by atoms with Crippen LogP contribution in [0.25, 0.3) is 0 Å². The van der Waals surface area contributed by atoms with Gasteiger partial charge >= 0.3 is 12.0 Å². The Morgan fingerprint density at radius 1 is 1.35 bits per heavy atom. The molecule has 110 valence electrons. The van der Waals surface area contributed by atoms with Gasteiger partial charge in [0.1, 0.15) is 0 Å². The van der Waals surface area contributed by atoms with E-state index in [9.17, 15) is 9.59 Å². The van der Waals surface area contributed by atoms with Crippen LogP contribution in [-0.4, -0.2) is 23.1 Å². The summed E-state index contributed by atoms with van der Waals surface area (Å²) in [5, 5.41) is 14.2. The molecule has 0 bridgehead atoms. The fourth-order valence-corrected chi connectivity index (χ4v) is 2.28. The number of carbonyl (C=O) groups excluding carboxylic acids is 1. The van der Waals surface area contributed by atoms with Crippen LogP contribution in [0, 0.1) is 12.8 Å². The minimum absolute atomic E-state index is 0.0401. The van der Waals surface area contributed by atoms with Crippen LogP contribution in [0.5, 0.6) is 0 Å². The number of benzene rings is 1. The molecule has 0 aliphatic carbocycles. The zero-order valence-electron chi connectivity index (χ0n) is 11.7. The van der Waals surface area contributed by atoms with Gasteiger partial charge in [-0.1, -0.05) is 19.9 Å². The number of carbonyl (C=O) groups is 2. The Hall–Kier alpha value is -1.56. The van der Waals surface area contributed by atoms with Gasteiger partial charge in [-0.15, -0.1) is 0 Å². The maximum absolute atomic E-state index is 11.9. The molecule has 1 rings (SSSR count). The van der Waals surface area contributed by atoms with Crippen LogP contribution in [0.2, 0.25) is 0 Å². The third-order valence-corrected chi connectivity index (χ3v) is 3.54. The van der Waals surface area contributed by atoms with Crippen LogP contribution in [0.3, 0.4) is 0 Å². The van der Waals surface area contributed by atoms with Gasteiger partial charge in [0, 0.05) is 10.5 Å². The van der Waals surface area contributed by atoms with Crippen LogP contribution in [0.15, 0.2) is 22.7 Å². The third kappa shape index (κ3) is 5.21. The van der Waals surface area contributed by atoms with Crippen molar-refractivity contribution in [2.45, 2.75) is 33.2 Å². The van der Waals surface area contributed by atoms with Gasteiger partial charge in [-0.25, -0.2) is 4.79 Å². The van der Waals surface area contributed by atoms with Gasteiger partial charge in [-0.05, 0) is 46.5 Å². The van der Waals surface area contributed by atoms with Crippen LogP contribution in [0.1, 0.15) is 25.8 Å². The number of anilines is 1. The van der Waals surface area contributed by atoms with Crippen molar-refractivity contribution in [2.75, 3.05) is 5.32 Å². The van der Waals surface area contributed by atoms with E-state index in [4.69, 9.17) is 5.11 Å². The molecule has 1 aromatic carbocycles. The number of aryl methyl sites for hydroxylation is 1. The van der Waals surface area contributed by atoms with Gasteiger partial charge < -0.3 is 15.7 Å². The minimum Gasteiger partial charge on any atom is -0.481 e. The summed E-state index contributed by atoms with van der Waals surface area (Å²) in [6.07, 6.45) is -0.0971. The van der Waals surface area contributed by atoms with E-state index in [1.807, 2.05) is 32.9 Å². The second kappa shape index (κ2) is 7.28. The highest BCUT2D eigenvalue weighted by molar-refractivity contribution is 9.10. The minimum atomic E-state index is -0.930. The van der Waals surface area contributed by atoms with Crippen molar-refractivity contribution in [3.63, 3.8) is 0 Å². The number of hydrogen-bond donors (Lipinski definition) is 3. The third-order valence-electron chi connectivity index (χ3n) is 2.89. The van der Waals surface area contributed by atoms with Gasteiger partial charge in [-0.3, -0.25) is 4.79 Å². The first-order chi connectivity index (χ1) is 9.29. The fraction of sp³-hybridized carbons (Fsp3) is 0.429. The molecule has 1 unspecified atom stereocenters. The number of nitrogens with one attached hydrogen (secondary N) is 2. The molecule has 0 radical (unpaired) electrons. The quantitative estimate of drug-likeness (QED) is 0.767. The summed E-state index contributed by atoms with van der Waals surface area (Å²) in [4.78, 5) is 22.7. The van der Waals surface area contributed by atoms with Crippen LogP contribution < -0.4 is 10.6 Å². The number of hydrogen-bond acceptors (Lipinski definition) is 2.